The summed E-state index contributed by atoms with van der Waals surface area (Å²) >= 11 is 0. The third-order valence-corrected chi connectivity index (χ3v) is 3.14. The topological polar surface area (TPSA) is 87.3 Å². The lowest BCUT2D eigenvalue weighted by molar-refractivity contribution is -0.386. The van der Waals surface area contributed by atoms with Crippen molar-refractivity contribution in [3.63, 3.8) is 0 Å². The van der Waals surface area contributed by atoms with Gasteiger partial charge in [0.25, 0.3) is 0 Å². The molecule has 1 aromatic heterocycles. The van der Waals surface area contributed by atoms with Crippen LogP contribution in [0.4, 0.5) is 5.69 Å². The van der Waals surface area contributed by atoms with Crippen LogP contribution in [-0.2, 0) is 15.1 Å². The highest BCUT2D eigenvalue weighted by Gasteiger charge is 2.38. The van der Waals surface area contributed by atoms with Crippen molar-refractivity contribution in [2.24, 2.45) is 0 Å². The number of rotatable bonds is 5. The number of carbonyl (C=O) groups excluding carboxylic acids is 1. The Morgan fingerprint density at radius 1 is 1.50 bits per heavy atom. The van der Waals surface area contributed by atoms with Crippen LogP contribution < -0.4 is 0 Å². The highest BCUT2D eigenvalue weighted by Crippen LogP contribution is 2.32. The van der Waals surface area contributed by atoms with Gasteiger partial charge >= 0.3 is 11.7 Å². The number of nitro groups is 1. The maximum absolute atomic E-state index is 12.0. The quantitative estimate of drug-likeness (QED) is 0.470. The van der Waals surface area contributed by atoms with Gasteiger partial charge in [-0.25, -0.2) is 9.48 Å². The molecule has 1 aromatic rings. The first-order valence-electron chi connectivity index (χ1n) is 6.56. The fraction of sp³-hybridized carbons (Fsp3) is 0.692. The molecule has 0 N–H and O–H groups in total. The maximum atomic E-state index is 12.0. The monoisotopic (exact) mass is 283 g/mol. The summed E-state index contributed by atoms with van der Waals surface area (Å²) < 4.78 is 6.40. The van der Waals surface area contributed by atoms with Crippen molar-refractivity contribution in [2.75, 3.05) is 6.61 Å². The summed E-state index contributed by atoms with van der Waals surface area (Å²) in [5.41, 5.74) is -0.378. The van der Waals surface area contributed by atoms with E-state index in [0.717, 1.165) is 0 Å². The lowest BCUT2D eigenvalue weighted by atomic mass is 10.1. The van der Waals surface area contributed by atoms with Gasteiger partial charge in [0.05, 0.1) is 11.5 Å². The molecule has 0 amide bonds. The number of carbonyl (C=O) groups is 1. The molecule has 0 aliphatic rings. The SMILES string of the molecule is CCOC(=O)C(C)(C)n1nc(C(C)C)c([N+](=O)[O-])c1C. The van der Waals surface area contributed by atoms with E-state index >= 15 is 0 Å². The van der Waals surface area contributed by atoms with Gasteiger partial charge in [0, 0.05) is 5.92 Å². The van der Waals surface area contributed by atoms with Crippen LogP contribution in [0.3, 0.4) is 0 Å². The van der Waals surface area contributed by atoms with Crippen molar-refractivity contribution >= 4 is 11.7 Å². The molecule has 7 nitrogen and oxygen atoms in total. The van der Waals surface area contributed by atoms with E-state index < -0.39 is 16.4 Å². The summed E-state index contributed by atoms with van der Waals surface area (Å²) in [5.74, 6) is -0.566. The standard InChI is InChI=1S/C13H21N3O4/c1-7-20-12(17)13(5,6)15-9(4)11(16(18)19)10(14-15)8(2)3/h8H,7H2,1-6H3. The number of nitrogens with zero attached hydrogens (tertiary/aromatic N) is 3. The molecular weight excluding hydrogens is 262 g/mol. The van der Waals surface area contributed by atoms with Gasteiger partial charge in [-0.2, -0.15) is 5.10 Å². The smallest absolute Gasteiger partial charge is 0.333 e. The van der Waals surface area contributed by atoms with Gasteiger partial charge in [-0.3, -0.25) is 10.1 Å². The summed E-state index contributed by atoms with van der Waals surface area (Å²) in [7, 11) is 0. The molecule has 0 atom stereocenters. The molecule has 7 heteroatoms. The molecule has 0 saturated carbocycles. The molecule has 20 heavy (non-hydrogen) atoms. The van der Waals surface area contributed by atoms with Crippen molar-refractivity contribution < 1.29 is 14.5 Å². The molecule has 1 rings (SSSR count). The summed E-state index contributed by atoms with van der Waals surface area (Å²) in [6, 6.07) is 0. The zero-order chi connectivity index (χ0) is 15.7. The lowest BCUT2D eigenvalue weighted by Gasteiger charge is -2.23. The first kappa shape index (κ1) is 16.1. The molecule has 0 unspecified atom stereocenters. The third kappa shape index (κ3) is 2.66. The lowest BCUT2D eigenvalue weighted by Crippen LogP contribution is -2.39. The summed E-state index contributed by atoms with van der Waals surface area (Å²) in [6.07, 6.45) is 0. The van der Waals surface area contributed by atoms with Crippen molar-refractivity contribution in [1.29, 1.82) is 0 Å². The van der Waals surface area contributed by atoms with Gasteiger partial charge in [0.1, 0.15) is 11.4 Å². The van der Waals surface area contributed by atoms with Crippen LogP contribution in [0.2, 0.25) is 0 Å². The summed E-state index contributed by atoms with van der Waals surface area (Å²) in [4.78, 5) is 22.8. The number of ether oxygens (including phenoxy) is 1. The highest BCUT2D eigenvalue weighted by atomic mass is 16.6. The zero-order valence-electron chi connectivity index (χ0n) is 12.8. The van der Waals surface area contributed by atoms with E-state index in [1.54, 1.807) is 27.7 Å². The van der Waals surface area contributed by atoms with Gasteiger partial charge in [0.2, 0.25) is 0 Å². The Hall–Kier alpha value is -1.92. The second-order valence-electron chi connectivity index (χ2n) is 5.42. The first-order chi connectivity index (χ1) is 9.14. The second kappa shape index (κ2) is 5.60. The van der Waals surface area contributed by atoms with Crippen LogP contribution >= 0.6 is 0 Å². The highest BCUT2D eigenvalue weighted by molar-refractivity contribution is 5.78. The summed E-state index contributed by atoms with van der Waals surface area (Å²) in [6.45, 7) is 10.5. The average molecular weight is 283 g/mol. The fourth-order valence-corrected chi connectivity index (χ4v) is 2.07. The third-order valence-electron chi connectivity index (χ3n) is 3.14. The Bertz CT molecular complexity index is 532. The van der Waals surface area contributed by atoms with Crippen LogP contribution in [0.1, 0.15) is 51.9 Å². The van der Waals surface area contributed by atoms with Crippen molar-refractivity contribution in [1.82, 2.24) is 9.78 Å². The van der Waals surface area contributed by atoms with E-state index in [1.165, 1.54) is 4.68 Å². The van der Waals surface area contributed by atoms with Crippen LogP contribution in [0.25, 0.3) is 0 Å². The number of aromatic nitrogens is 2. The predicted octanol–water partition coefficient (Wildman–Crippen LogP) is 2.52. The van der Waals surface area contributed by atoms with E-state index in [2.05, 4.69) is 5.10 Å². The van der Waals surface area contributed by atoms with Crippen LogP contribution in [-0.4, -0.2) is 27.3 Å². The van der Waals surface area contributed by atoms with Gasteiger partial charge in [0.15, 0.2) is 5.54 Å². The minimum Gasteiger partial charge on any atom is -0.464 e. The van der Waals surface area contributed by atoms with Crippen molar-refractivity contribution in [3.05, 3.63) is 21.5 Å². The molecule has 0 saturated heterocycles. The first-order valence-corrected chi connectivity index (χ1v) is 6.56. The predicted molar refractivity (Wildman–Crippen MR) is 73.7 cm³/mol. The normalized spacial score (nSPS) is 11.8. The largest absolute Gasteiger partial charge is 0.464 e. The van der Waals surface area contributed by atoms with Crippen LogP contribution in [0.15, 0.2) is 0 Å². The van der Waals surface area contributed by atoms with E-state index in [1.807, 2.05) is 13.8 Å². The molecule has 0 spiro atoms. The molecule has 0 bridgehead atoms. The molecule has 0 radical (unpaired) electrons. The second-order valence-corrected chi connectivity index (χ2v) is 5.42. The van der Waals surface area contributed by atoms with E-state index in [4.69, 9.17) is 4.74 Å². The van der Waals surface area contributed by atoms with Gasteiger partial charge in [-0.15, -0.1) is 0 Å². The van der Waals surface area contributed by atoms with Crippen molar-refractivity contribution in [3.8, 4) is 0 Å². The Kier molecular flexibility index (Phi) is 4.52. The van der Waals surface area contributed by atoms with Gasteiger partial charge in [-0.1, -0.05) is 13.8 Å². The molecule has 1 heterocycles. The maximum Gasteiger partial charge on any atom is 0.333 e. The number of hydrogen-bond donors (Lipinski definition) is 0. The minimum atomic E-state index is -1.09. The van der Waals surface area contributed by atoms with Crippen molar-refractivity contribution in [2.45, 2.75) is 53.0 Å². The average Bonchev–Trinajstić information content (AvgIpc) is 2.67. The fourth-order valence-electron chi connectivity index (χ4n) is 2.07. The van der Waals surface area contributed by atoms with E-state index in [-0.39, 0.29) is 18.2 Å². The molecular formula is C13H21N3O4. The van der Waals surface area contributed by atoms with E-state index in [0.29, 0.717) is 11.4 Å². The van der Waals surface area contributed by atoms with Crippen LogP contribution in [0.5, 0.6) is 0 Å². The summed E-state index contributed by atoms with van der Waals surface area (Å²) in [5, 5.41) is 15.5. The molecule has 0 aromatic carbocycles. The number of esters is 1. The minimum absolute atomic E-state index is 0.0302. The Labute approximate surface area is 118 Å². The Morgan fingerprint density at radius 3 is 2.40 bits per heavy atom. The van der Waals surface area contributed by atoms with E-state index in [9.17, 15) is 14.9 Å². The zero-order valence-corrected chi connectivity index (χ0v) is 12.8. The van der Waals surface area contributed by atoms with Crippen LogP contribution in [0, 0.1) is 17.0 Å². The molecule has 112 valence electrons. The molecule has 0 aliphatic carbocycles. The number of hydrogen-bond acceptors (Lipinski definition) is 5. The van der Waals surface area contributed by atoms with Gasteiger partial charge in [-0.05, 0) is 27.7 Å². The Balaban J connectivity index is 3.43. The molecule has 0 fully saturated rings. The Morgan fingerprint density at radius 2 is 2.05 bits per heavy atom. The van der Waals surface area contributed by atoms with Gasteiger partial charge < -0.3 is 4.74 Å². The molecule has 0 aliphatic heterocycles.